The number of rotatable bonds is 6. The third kappa shape index (κ3) is 4.69. The van der Waals surface area contributed by atoms with Crippen molar-refractivity contribution in [1.82, 2.24) is 9.88 Å². The second-order valence-electron chi connectivity index (χ2n) is 7.45. The summed E-state index contributed by atoms with van der Waals surface area (Å²) in [6, 6.07) is 11.8. The van der Waals surface area contributed by atoms with Crippen molar-refractivity contribution < 1.29 is 23.8 Å². The third-order valence-electron chi connectivity index (χ3n) is 5.41. The number of aliphatic hydroxyl groups excluding tert-OH is 1. The number of carbonyl (C=O) groups is 2. The van der Waals surface area contributed by atoms with Crippen molar-refractivity contribution in [3.8, 4) is 0 Å². The molecule has 2 N–H and O–H groups in total. The highest BCUT2D eigenvalue weighted by Gasteiger charge is 2.37. The Kier molecular flexibility index (Phi) is 6.59. The zero-order chi connectivity index (χ0) is 22.7. The van der Waals surface area contributed by atoms with Gasteiger partial charge in [-0.15, -0.1) is 11.3 Å². The van der Waals surface area contributed by atoms with Crippen LogP contribution in [0.5, 0.6) is 0 Å². The van der Waals surface area contributed by atoms with E-state index in [2.05, 4.69) is 10.3 Å². The van der Waals surface area contributed by atoms with Crippen molar-refractivity contribution in [2.45, 2.75) is 25.6 Å². The first-order chi connectivity index (χ1) is 15.5. The van der Waals surface area contributed by atoms with E-state index in [0.29, 0.717) is 17.8 Å². The molecule has 1 aromatic heterocycles. The predicted octanol–water partition coefficient (Wildman–Crippen LogP) is 3.30. The number of nitrogens with zero attached hydrogens (tertiary/aromatic N) is 2. The lowest BCUT2D eigenvalue weighted by atomic mass is 9.99. The Labute approximate surface area is 188 Å². The average molecular weight is 456 g/mol. The number of amides is 2. The van der Waals surface area contributed by atoms with Crippen LogP contribution in [-0.2, 0) is 16.1 Å². The molecule has 0 aliphatic carbocycles. The number of aromatic nitrogens is 1. The van der Waals surface area contributed by atoms with Gasteiger partial charge in [0.25, 0.3) is 5.91 Å². The van der Waals surface area contributed by atoms with Crippen LogP contribution in [-0.4, -0.2) is 46.1 Å². The first-order valence-corrected chi connectivity index (χ1v) is 10.9. The largest absolute Gasteiger partial charge is 0.394 e. The molecule has 0 saturated carbocycles. The number of hydrogen-bond acceptors (Lipinski definition) is 6. The van der Waals surface area contributed by atoms with E-state index in [1.165, 1.54) is 35.6 Å². The van der Waals surface area contributed by atoms with Crippen LogP contribution in [0.25, 0.3) is 0 Å². The molecular formula is C23H22FN3O4S. The Morgan fingerprint density at radius 1 is 1.25 bits per heavy atom. The number of carbonyl (C=O) groups excluding carboxylic acids is 2. The second kappa shape index (κ2) is 9.56. The van der Waals surface area contributed by atoms with Crippen LogP contribution < -0.4 is 5.32 Å². The first-order valence-electron chi connectivity index (χ1n) is 10.0. The molecular weight excluding hydrogens is 433 g/mol. The molecule has 2 heterocycles. The highest BCUT2D eigenvalue weighted by Crippen LogP contribution is 2.31. The van der Waals surface area contributed by atoms with E-state index in [1.54, 1.807) is 34.7 Å². The smallest absolute Gasteiger partial charge is 0.255 e. The van der Waals surface area contributed by atoms with Gasteiger partial charge in [-0.3, -0.25) is 9.59 Å². The molecule has 2 atom stereocenters. The summed E-state index contributed by atoms with van der Waals surface area (Å²) in [4.78, 5) is 31.7. The number of aliphatic hydroxyl groups is 1. The van der Waals surface area contributed by atoms with Crippen LogP contribution in [0.3, 0.4) is 0 Å². The number of nitrogens with one attached hydrogen (secondary N) is 1. The highest BCUT2D eigenvalue weighted by molar-refractivity contribution is 7.09. The molecule has 1 aliphatic rings. The van der Waals surface area contributed by atoms with Crippen LogP contribution in [0.15, 0.2) is 54.0 Å². The van der Waals surface area contributed by atoms with Gasteiger partial charge in [0.15, 0.2) is 0 Å². The van der Waals surface area contributed by atoms with Crippen LogP contribution in [0.1, 0.15) is 32.6 Å². The van der Waals surface area contributed by atoms with Gasteiger partial charge in [0.2, 0.25) is 5.91 Å². The van der Waals surface area contributed by atoms with Gasteiger partial charge in [0, 0.05) is 16.1 Å². The molecule has 32 heavy (non-hydrogen) atoms. The van der Waals surface area contributed by atoms with Gasteiger partial charge < -0.3 is 20.1 Å². The maximum atomic E-state index is 13.0. The fraction of sp³-hybridized carbons (Fsp3) is 0.261. The average Bonchev–Trinajstić information content (AvgIpc) is 3.20. The van der Waals surface area contributed by atoms with Crippen molar-refractivity contribution >= 4 is 28.8 Å². The maximum absolute atomic E-state index is 13.0. The molecule has 9 heteroatoms. The standard InChI is InChI=1S/C23H22FN3O4S/c1-14-20(32-13-25-14)10-27-19(11-28)22(31-12-21(27)29)15-4-8-18(9-5-15)26-23(30)16-2-6-17(24)7-3-16/h2-9,13,19,22,28H,10-12H2,1H3,(H,26,30). The van der Waals surface area contributed by atoms with E-state index >= 15 is 0 Å². The van der Waals surface area contributed by atoms with E-state index in [0.717, 1.165) is 16.1 Å². The van der Waals surface area contributed by atoms with Crippen LogP contribution in [0, 0.1) is 12.7 Å². The molecule has 2 unspecified atom stereocenters. The lowest BCUT2D eigenvalue weighted by Gasteiger charge is -2.40. The number of hydrogen-bond donors (Lipinski definition) is 2. The molecule has 0 radical (unpaired) electrons. The zero-order valence-electron chi connectivity index (χ0n) is 17.3. The molecule has 0 bridgehead atoms. The molecule has 2 aromatic carbocycles. The van der Waals surface area contributed by atoms with E-state index in [9.17, 15) is 19.1 Å². The number of aryl methyl sites for hydroxylation is 1. The van der Waals surface area contributed by atoms with E-state index < -0.39 is 18.0 Å². The second-order valence-corrected chi connectivity index (χ2v) is 8.39. The number of anilines is 1. The van der Waals surface area contributed by atoms with Crippen molar-refractivity contribution in [2.75, 3.05) is 18.5 Å². The van der Waals surface area contributed by atoms with Gasteiger partial charge in [-0.1, -0.05) is 12.1 Å². The van der Waals surface area contributed by atoms with Gasteiger partial charge in [0.05, 0.1) is 30.4 Å². The summed E-state index contributed by atoms with van der Waals surface area (Å²) in [5, 5.41) is 12.8. The maximum Gasteiger partial charge on any atom is 0.255 e. The number of halogens is 1. The fourth-order valence-electron chi connectivity index (χ4n) is 3.61. The van der Waals surface area contributed by atoms with Gasteiger partial charge in [-0.25, -0.2) is 9.37 Å². The normalized spacial score (nSPS) is 18.6. The molecule has 3 aromatic rings. The summed E-state index contributed by atoms with van der Waals surface area (Å²) in [6.07, 6.45) is -0.507. The monoisotopic (exact) mass is 455 g/mol. The van der Waals surface area contributed by atoms with Crippen molar-refractivity contribution in [3.05, 3.63) is 81.6 Å². The Hall–Kier alpha value is -3.14. The summed E-state index contributed by atoms with van der Waals surface area (Å²) in [6.45, 7) is 1.92. The van der Waals surface area contributed by atoms with Crippen LogP contribution in [0.2, 0.25) is 0 Å². The van der Waals surface area contributed by atoms with Crippen LogP contribution >= 0.6 is 11.3 Å². The Morgan fingerprint density at radius 3 is 2.59 bits per heavy atom. The molecule has 2 amide bonds. The lowest BCUT2D eigenvalue weighted by molar-refractivity contribution is -0.161. The van der Waals surface area contributed by atoms with E-state index in [-0.39, 0.29) is 25.0 Å². The topological polar surface area (TPSA) is 91.8 Å². The SMILES string of the molecule is Cc1ncsc1CN1C(=O)COC(c2ccc(NC(=O)c3ccc(F)cc3)cc2)C1CO. The van der Waals surface area contributed by atoms with E-state index in [4.69, 9.17) is 4.74 Å². The van der Waals surface area contributed by atoms with Crippen molar-refractivity contribution in [1.29, 1.82) is 0 Å². The molecule has 7 nitrogen and oxygen atoms in total. The summed E-state index contributed by atoms with van der Waals surface area (Å²) < 4.78 is 18.8. The first kappa shape index (κ1) is 22.1. The highest BCUT2D eigenvalue weighted by atomic mass is 32.1. The predicted molar refractivity (Wildman–Crippen MR) is 118 cm³/mol. The Balaban J connectivity index is 1.48. The van der Waals surface area contributed by atoms with Crippen molar-refractivity contribution in [3.63, 3.8) is 0 Å². The molecule has 166 valence electrons. The molecule has 1 saturated heterocycles. The van der Waals surface area contributed by atoms with Gasteiger partial charge >= 0.3 is 0 Å². The lowest BCUT2D eigenvalue weighted by Crippen LogP contribution is -2.52. The number of ether oxygens (including phenoxy) is 1. The summed E-state index contributed by atoms with van der Waals surface area (Å²) in [7, 11) is 0. The summed E-state index contributed by atoms with van der Waals surface area (Å²) >= 11 is 1.47. The number of morpholine rings is 1. The fourth-order valence-corrected chi connectivity index (χ4v) is 4.39. The van der Waals surface area contributed by atoms with Gasteiger partial charge in [-0.05, 0) is 48.9 Å². The Bertz CT molecular complexity index is 1100. The molecule has 4 rings (SSSR count). The van der Waals surface area contributed by atoms with Crippen LogP contribution in [0.4, 0.5) is 10.1 Å². The minimum absolute atomic E-state index is 0.0813. The third-order valence-corrected chi connectivity index (χ3v) is 6.33. The molecule has 1 aliphatic heterocycles. The number of thiazole rings is 1. The summed E-state index contributed by atoms with van der Waals surface area (Å²) in [5.41, 5.74) is 4.29. The quantitative estimate of drug-likeness (QED) is 0.595. The zero-order valence-corrected chi connectivity index (χ0v) is 18.1. The molecule has 0 spiro atoms. The minimum atomic E-state index is -0.544. The Morgan fingerprint density at radius 2 is 1.97 bits per heavy atom. The van der Waals surface area contributed by atoms with Gasteiger partial charge in [0.1, 0.15) is 18.5 Å². The minimum Gasteiger partial charge on any atom is -0.394 e. The summed E-state index contributed by atoms with van der Waals surface area (Å²) in [5.74, 6) is -0.942. The number of benzene rings is 2. The van der Waals surface area contributed by atoms with Gasteiger partial charge in [-0.2, -0.15) is 0 Å². The van der Waals surface area contributed by atoms with Crippen molar-refractivity contribution in [2.24, 2.45) is 0 Å². The van der Waals surface area contributed by atoms with E-state index in [1.807, 2.05) is 6.92 Å². The molecule has 1 fully saturated rings.